The summed E-state index contributed by atoms with van der Waals surface area (Å²) in [6, 6.07) is 2.28. The van der Waals surface area contributed by atoms with Gasteiger partial charge >= 0.3 is 0 Å². The van der Waals surface area contributed by atoms with Crippen molar-refractivity contribution in [3.63, 3.8) is 0 Å². The van der Waals surface area contributed by atoms with Crippen molar-refractivity contribution in [2.75, 3.05) is 18.8 Å². The van der Waals surface area contributed by atoms with Gasteiger partial charge in [0.05, 0.1) is 4.90 Å². The predicted molar refractivity (Wildman–Crippen MR) is 71.3 cm³/mol. The van der Waals surface area contributed by atoms with Gasteiger partial charge < -0.3 is 5.73 Å². The second-order valence-electron chi connectivity index (χ2n) is 4.76. The van der Waals surface area contributed by atoms with E-state index in [0.29, 0.717) is 13.1 Å². The molecule has 1 aromatic carbocycles. The molecule has 1 aromatic rings. The van der Waals surface area contributed by atoms with Crippen molar-refractivity contribution in [3.05, 3.63) is 23.5 Å². The average Bonchev–Trinajstić information content (AvgIpc) is 2.36. The highest BCUT2D eigenvalue weighted by molar-refractivity contribution is 7.89. The number of nitrogens with one attached hydrogen (secondary N) is 1. The van der Waals surface area contributed by atoms with Crippen molar-refractivity contribution in [1.82, 2.24) is 9.84 Å². The summed E-state index contributed by atoms with van der Waals surface area (Å²) in [5, 5.41) is 1.65. The smallest absolute Gasteiger partial charge is 0.253 e. The van der Waals surface area contributed by atoms with E-state index >= 15 is 0 Å². The summed E-state index contributed by atoms with van der Waals surface area (Å²) in [6.45, 7) is 2.85. The van der Waals surface area contributed by atoms with Crippen LogP contribution in [-0.4, -0.2) is 26.5 Å². The van der Waals surface area contributed by atoms with Crippen LogP contribution in [0.3, 0.4) is 0 Å². The molecule has 1 fully saturated rings. The van der Waals surface area contributed by atoms with E-state index in [2.05, 4.69) is 4.83 Å². The molecule has 1 aliphatic rings. The number of benzene rings is 1. The predicted octanol–water partition coefficient (Wildman–Crippen LogP) is 1.40. The quantitative estimate of drug-likeness (QED) is 0.824. The second kappa shape index (κ2) is 5.44. The molecular weight excluding hydrogens is 269 g/mol. The fourth-order valence-electron chi connectivity index (χ4n) is 2.04. The second-order valence-corrected chi connectivity index (χ2v) is 6.42. The SMILES string of the molecule is Cc1c(N)cc(S(=O)(=O)NN2CCCCC2)cc1F. The maximum absolute atomic E-state index is 13.6. The first-order valence-corrected chi connectivity index (χ1v) is 7.71. The van der Waals surface area contributed by atoms with Gasteiger partial charge in [-0.1, -0.05) is 6.42 Å². The number of hydrazine groups is 1. The zero-order valence-electron chi connectivity index (χ0n) is 10.8. The number of hydrogen-bond donors (Lipinski definition) is 2. The maximum Gasteiger partial charge on any atom is 0.253 e. The molecule has 3 N–H and O–H groups in total. The van der Waals surface area contributed by atoms with Gasteiger partial charge in [-0.25, -0.2) is 17.8 Å². The first-order valence-electron chi connectivity index (χ1n) is 6.23. The molecule has 1 aliphatic heterocycles. The third kappa shape index (κ3) is 3.23. The van der Waals surface area contributed by atoms with Gasteiger partial charge in [-0.3, -0.25) is 0 Å². The van der Waals surface area contributed by atoms with Crippen LogP contribution in [0.15, 0.2) is 17.0 Å². The molecule has 0 aromatic heterocycles. The Bertz CT molecular complexity index is 545. The summed E-state index contributed by atoms with van der Waals surface area (Å²) >= 11 is 0. The summed E-state index contributed by atoms with van der Waals surface area (Å²) in [5.41, 5.74) is 6.00. The Hall–Kier alpha value is -1.18. The monoisotopic (exact) mass is 287 g/mol. The molecule has 1 saturated heterocycles. The summed E-state index contributed by atoms with van der Waals surface area (Å²) in [7, 11) is -3.77. The number of sulfonamides is 1. The normalized spacial score (nSPS) is 17.6. The number of nitrogens with two attached hydrogens (primary N) is 1. The molecule has 0 radical (unpaired) electrons. The van der Waals surface area contributed by atoms with E-state index in [-0.39, 0.29) is 16.1 Å². The molecule has 0 spiro atoms. The lowest BCUT2D eigenvalue weighted by Crippen LogP contribution is -2.44. The van der Waals surface area contributed by atoms with E-state index in [9.17, 15) is 12.8 Å². The minimum atomic E-state index is -3.77. The van der Waals surface area contributed by atoms with Crippen LogP contribution in [0.25, 0.3) is 0 Å². The Balaban J connectivity index is 2.24. The lowest BCUT2D eigenvalue weighted by atomic mass is 10.2. The van der Waals surface area contributed by atoms with E-state index in [0.717, 1.165) is 25.3 Å². The molecule has 106 valence electrons. The van der Waals surface area contributed by atoms with Gasteiger partial charge in [0.25, 0.3) is 10.0 Å². The van der Waals surface area contributed by atoms with E-state index < -0.39 is 15.8 Å². The van der Waals surface area contributed by atoms with Gasteiger partial charge in [0.15, 0.2) is 0 Å². The van der Waals surface area contributed by atoms with Crippen molar-refractivity contribution in [1.29, 1.82) is 0 Å². The Morgan fingerprint density at radius 1 is 1.26 bits per heavy atom. The Kier molecular flexibility index (Phi) is 4.07. The molecule has 0 saturated carbocycles. The highest BCUT2D eigenvalue weighted by atomic mass is 32.2. The van der Waals surface area contributed by atoms with Crippen molar-refractivity contribution in [3.8, 4) is 0 Å². The topological polar surface area (TPSA) is 75.4 Å². The number of rotatable bonds is 3. The summed E-state index contributed by atoms with van der Waals surface area (Å²) in [4.78, 5) is 2.33. The van der Waals surface area contributed by atoms with Crippen molar-refractivity contribution < 1.29 is 12.8 Å². The van der Waals surface area contributed by atoms with Crippen LogP contribution >= 0.6 is 0 Å². The van der Waals surface area contributed by atoms with E-state index in [1.165, 1.54) is 13.0 Å². The molecule has 0 aliphatic carbocycles. The number of halogens is 1. The zero-order valence-corrected chi connectivity index (χ0v) is 11.6. The number of hydrogen-bond acceptors (Lipinski definition) is 4. The fourth-order valence-corrected chi connectivity index (χ4v) is 3.21. The number of anilines is 1. The minimum Gasteiger partial charge on any atom is -0.398 e. The molecule has 7 heteroatoms. The van der Waals surface area contributed by atoms with Crippen LogP contribution in [0, 0.1) is 12.7 Å². The third-order valence-electron chi connectivity index (χ3n) is 3.27. The summed E-state index contributed by atoms with van der Waals surface area (Å²) in [5.74, 6) is -0.612. The molecule has 0 atom stereocenters. The number of nitrogen functional groups attached to an aromatic ring is 1. The number of piperidine rings is 1. The Morgan fingerprint density at radius 2 is 1.89 bits per heavy atom. The molecule has 1 heterocycles. The van der Waals surface area contributed by atoms with Crippen molar-refractivity contribution in [2.45, 2.75) is 31.1 Å². The third-order valence-corrected chi connectivity index (χ3v) is 4.63. The van der Waals surface area contributed by atoms with Gasteiger partial charge in [-0.2, -0.15) is 0 Å². The zero-order chi connectivity index (χ0) is 14.0. The van der Waals surface area contributed by atoms with Crippen LogP contribution < -0.4 is 10.6 Å². The average molecular weight is 287 g/mol. The molecule has 19 heavy (non-hydrogen) atoms. The molecule has 5 nitrogen and oxygen atoms in total. The maximum atomic E-state index is 13.6. The standard InChI is InChI=1S/C12H18FN3O2S/c1-9-11(13)7-10(8-12(9)14)19(17,18)15-16-5-3-2-4-6-16/h7-8,15H,2-6,14H2,1H3. The summed E-state index contributed by atoms with van der Waals surface area (Å²) < 4.78 is 37.8. The first-order chi connectivity index (χ1) is 8.90. The van der Waals surface area contributed by atoms with Crippen LogP contribution in [0.4, 0.5) is 10.1 Å². The first kappa shape index (κ1) is 14.2. The largest absolute Gasteiger partial charge is 0.398 e. The minimum absolute atomic E-state index is 0.138. The van der Waals surface area contributed by atoms with Crippen LogP contribution in [-0.2, 0) is 10.0 Å². The molecule has 0 bridgehead atoms. The van der Waals surface area contributed by atoms with E-state index in [4.69, 9.17) is 5.73 Å². The van der Waals surface area contributed by atoms with Gasteiger partial charge in [-0.05, 0) is 31.9 Å². The van der Waals surface area contributed by atoms with E-state index in [1.54, 1.807) is 5.01 Å². The number of nitrogens with zero attached hydrogens (tertiary/aromatic N) is 1. The van der Waals surface area contributed by atoms with Gasteiger partial charge in [0.2, 0.25) is 0 Å². The highest BCUT2D eigenvalue weighted by Crippen LogP contribution is 2.21. The van der Waals surface area contributed by atoms with Crippen molar-refractivity contribution in [2.24, 2.45) is 0 Å². The Labute approximate surface area is 112 Å². The van der Waals surface area contributed by atoms with Crippen LogP contribution in [0.5, 0.6) is 0 Å². The van der Waals surface area contributed by atoms with Crippen molar-refractivity contribution >= 4 is 15.7 Å². The van der Waals surface area contributed by atoms with Crippen LogP contribution in [0.2, 0.25) is 0 Å². The fraction of sp³-hybridized carbons (Fsp3) is 0.500. The molecular formula is C12H18FN3O2S. The molecule has 2 rings (SSSR count). The Morgan fingerprint density at radius 3 is 2.47 bits per heavy atom. The lowest BCUT2D eigenvalue weighted by Gasteiger charge is -2.26. The lowest BCUT2D eigenvalue weighted by molar-refractivity contribution is 0.200. The van der Waals surface area contributed by atoms with E-state index in [1.807, 2.05) is 0 Å². The van der Waals surface area contributed by atoms with Gasteiger partial charge in [0.1, 0.15) is 5.82 Å². The van der Waals surface area contributed by atoms with Crippen LogP contribution in [0.1, 0.15) is 24.8 Å². The van der Waals surface area contributed by atoms with Gasteiger partial charge in [-0.15, -0.1) is 4.83 Å². The highest BCUT2D eigenvalue weighted by Gasteiger charge is 2.21. The molecule has 0 unspecified atom stereocenters. The summed E-state index contributed by atoms with van der Waals surface area (Å²) in [6.07, 6.45) is 3.00. The molecule has 0 amide bonds. The van der Waals surface area contributed by atoms with Gasteiger partial charge in [0, 0.05) is 24.3 Å².